The molecule has 2 unspecified atom stereocenters. The molecule has 4 heterocycles. The summed E-state index contributed by atoms with van der Waals surface area (Å²) in [6.07, 6.45) is 1.27. The van der Waals surface area contributed by atoms with Crippen molar-refractivity contribution in [2.45, 2.75) is 11.4 Å². The zero-order valence-corrected chi connectivity index (χ0v) is 19.0. The molecule has 3 aliphatic rings. The summed E-state index contributed by atoms with van der Waals surface area (Å²) in [5.74, 6) is -2.42. The molecule has 0 saturated carbocycles. The number of carboxylic acid groups (broad SMARTS) is 1. The molecule has 182 valence electrons. The van der Waals surface area contributed by atoms with Crippen molar-refractivity contribution < 1.29 is 28.7 Å². The number of hydrazone groups is 1. The van der Waals surface area contributed by atoms with Gasteiger partial charge in [0.05, 0.1) is 13.1 Å². The first-order valence-electron chi connectivity index (χ1n) is 9.70. The molecular formula is C16H19FN10O5S2. The van der Waals surface area contributed by atoms with E-state index in [1.54, 1.807) is 0 Å². The number of guanidine groups is 1. The van der Waals surface area contributed by atoms with Crippen LogP contribution in [0.4, 0.5) is 9.52 Å². The van der Waals surface area contributed by atoms with Crippen LogP contribution in [0.3, 0.4) is 0 Å². The highest BCUT2D eigenvalue weighted by Gasteiger charge is 2.57. The summed E-state index contributed by atoms with van der Waals surface area (Å²) in [5, 5.41) is 20.8. The summed E-state index contributed by atoms with van der Waals surface area (Å²) in [4.78, 5) is 51.0. The zero-order chi connectivity index (χ0) is 24.5. The third-order valence-corrected chi connectivity index (χ3v) is 7.28. The number of rotatable bonds is 8. The normalized spacial score (nSPS) is 26.8. The van der Waals surface area contributed by atoms with Gasteiger partial charge in [0.1, 0.15) is 16.8 Å². The van der Waals surface area contributed by atoms with Crippen molar-refractivity contribution in [1.82, 2.24) is 24.6 Å². The second kappa shape index (κ2) is 9.37. The number of hydrogen-bond acceptors (Lipinski definition) is 14. The van der Waals surface area contributed by atoms with Crippen LogP contribution in [0.5, 0.6) is 0 Å². The van der Waals surface area contributed by atoms with Gasteiger partial charge in [-0.2, -0.15) is 14.5 Å². The van der Waals surface area contributed by atoms with E-state index in [1.165, 1.54) is 27.9 Å². The first kappa shape index (κ1) is 23.6. The predicted molar refractivity (Wildman–Crippen MR) is 120 cm³/mol. The first-order chi connectivity index (χ1) is 16.3. The zero-order valence-electron chi connectivity index (χ0n) is 17.3. The molecule has 3 aliphatic heterocycles. The van der Waals surface area contributed by atoms with Crippen LogP contribution in [-0.2, 0) is 19.2 Å². The molecule has 34 heavy (non-hydrogen) atoms. The molecule has 0 bridgehead atoms. The second-order valence-electron chi connectivity index (χ2n) is 7.32. The molecule has 0 aliphatic carbocycles. The van der Waals surface area contributed by atoms with Gasteiger partial charge in [-0.25, -0.2) is 14.4 Å². The maximum Gasteiger partial charge on any atom is 0.317 e. The Kier molecular flexibility index (Phi) is 6.51. The lowest BCUT2D eigenvalue weighted by molar-refractivity contribution is -0.154. The van der Waals surface area contributed by atoms with E-state index in [9.17, 15) is 23.9 Å². The third kappa shape index (κ3) is 4.32. The number of hydrogen-bond donors (Lipinski definition) is 4. The van der Waals surface area contributed by atoms with Crippen LogP contribution in [0, 0.1) is 5.41 Å². The van der Waals surface area contributed by atoms with Crippen LogP contribution in [0.15, 0.2) is 15.2 Å². The molecule has 18 heteroatoms. The van der Waals surface area contributed by atoms with E-state index in [-0.39, 0.29) is 29.2 Å². The summed E-state index contributed by atoms with van der Waals surface area (Å²) < 4.78 is 16.3. The Morgan fingerprint density at radius 2 is 2.24 bits per heavy atom. The largest absolute Gasteiger partial charge is 0.480 e. The summed E-state index contributed by atoms with van der Waals surface area (Å²) in [5.41, 5.74) is 9.33. The summed E-state index contributed by atoms with van der Waals surface area (Å²) in [7, 11) is 0. The molecule has 2 amide bonds. The maximum absolute atomic E-state index is 12.8. The number of alkyl halides is 1. The van der Waals surface area contributed by atoms with Crippen molar-refractivity contribution in [3.05, 3.63) is 5.82 Å². The highest BCUT2D eigenvalue weighted by Crippen LogP contribution is 2.41. The van der Waals surface area contributed by atoms with Gasteiger partial charge in [-0.1, -0.05) is 5.16 Å². The number of halogens is 1. The van der Waals surface area contributed by atoms with Crippen molar-refractivity contribution >= 4 is 64.1 Å². The van der Waals surface area contributed by atoms with E-state index < -0.39 is 47.2 Å². The number of amides is 2. The molecule has 3 atom stereocenters. The van der Waals surface area contributed by atoms with Crippen LogP contribution in [0.25, 0.3) is 0 Å². The van der Waals surface area contributed by atoms with Gasteiger partial charge in [-0.15, -0.1) is 11.8 Å². The quantitative estimate of drug-likeness (QED) is 0.167. The lowest BCUT2D eigenvalue weighted by Gasteiger charge is -2.52. The second-order valence-corrected chi connectivity index (χ2v) is 9.21. The number of β-lactam (4-membered cyclic amide) rings is 1. The van der Waals surface area contributed by atoms with E-state index in [0.717, 1.165) is 11.5 Å². The Morgan fingerprint density at radius 1 is 1.44 bits per heavy atom. The number of carbonyl (C=O) groups excluding carboxylic acids is 2. The number of nitrogens with two attached hydrogens (primary N) is 2. The molecule has 0 spiro atoms. The Labute approximate surface area is 199 Å². The van der Waals surface area contributed by atoms with Crippen LogP contribution in [0.1, 0.15) is 5.82 Å². The Bertz CT molecular complexity index is 1100. The van der Waals surface area contributed by atoms with Gasteiger partial charge >= 0.3 is 5.97 Å². The molecule has 1 aromatic heterocycles. The summed E-state index contributed by atoms with van der Waals surface area (Å²) in [6, 6.07) is -0.964. The van der Waals surface area contributed by atoms with E-state index in [1.807, 2.05) is 0 Å². The minimum absolute atomic E-state index is 0.0538. The van der Waals surface area contributed by atoms with Gasteiger partial charge in [0, 0.05) is 30.0 Å². The smallest absolute Gasteiger partial charge is 0.317 e. The molecule has 0 aromatic carbocycles. The van der Waals surface area contributed by atoms with Crippen molar-refractivity contribution in [3.63, 3.8) is 0 Å². The maximum atomic E-state index is 12.8. The van der Waals surface area contributed by atoms with Gasteiger partial charge in [0.2, 0.25) is 23.4 Å². The molecule has 4 rings (SSSR count). The van der Waals surface area contributed by atoms with E-state index >= 15 is 0 Å². The Balaban J connectivity index is 1.45. The molecular weight excluding hydrogens is 495 g/mol. The number of nitrogens with one attached hydrogen (secondary N) is 1. The minimum Gasteiger partial charge on any atom is -0.480 e. The van der Waals surface area contributed by atoms with Crippen molar-refractivity contribution in [3.8, 4) is 0 Å². The average Bonchev–Trinajstić information content (AvgIpc) is 3.43. The molecule has 2 saturated heterocycles. The first-order valence-corrected chi connectivity index (χ1v) is 11.5. The fourth-order valence-electron chi connectivity index (χ4n) is 3.42. The molecule has 1 aromatic rings. The Hall–Kier alpha value is -3.54. The van der Waals surface area contributed by atoms with Crippen molar-refractivity contribution in [2.75, 3.05) is 38.0 Å². The molecule has 15 nitrogen and oxygen atoms in total. The monoisotopic (exact) mass is 514 g/mol. The minimum atomic E-state index is -1.45. The number of anilines is 1. The topological polar surface area (TPSA) is 214 Å². The van der Waals surface area contributed by atoms with Crippen LogP contribution >= 0.6 is 23.3 Å². The van der Waals surface area contributed by atoms with Gasteiger partial charge in [0.15, 0.2) is 5.13 Å². The average molecular weight is 515 g/mol. The van der Waals surface area contributed by atoms with E-state index in [4.69, 9.17) is 11.5 Å². The van der Waals surface area contributed by atoms with Gasteiger partial charge < -0.3 is 31.6 Å². The van der Waals surface area contributed by atoms with Crippen LogP contribution in [0.2, 0.25) is 0 Å². The van der Waals surface area contributed by atoms with Gasteiger partial charge in [-0.3, -0.25) is 14.4 Å². The number of thioether (sulfide) groups is 1. The van der Waals surface area contributed by atoms with E-state index in [0.29, 0.717) is 13.1 Å². The number of fused-ring (bicyclic) bond motifs is 1. The fraction of sp³-hybridized carbons (Fsp3) is 0.500. The number of aromatic nitrogens is 2. The molecule has 2 fully saturated rings. The number of carboxylic acids is 1. The van der Waals surface area contributed by atoms with Crippen molar-refractivity contribution in [2.24, 2.45) is 26.4 Å². The Morgan fingerprint density at radius 3 is 2.85 bits per heavy atom. The third-order valence-electron chi connectivity index (χ3n) is 5.19. The number of carbonyl (C=O) groups is 3. The predicted octanol–water partition coefficient (Wildman–Crippen LogP) is -2.14. The highest BCUT2D eigenvalue weighted by atomic mass is 32.2. The number of oxime groups is 1. The van der Waals surface area contributed by atoms with Gasteiger partial charge in [0.25, 0.3) is 12.8 Å². The SMILES string of the molecule is NC1=NCCN1N=CC1(C(=O)O)CS[C@@H]2C(NC(=O)C(=NOCF)c3nsc(N)n3)C(=O)N2C1. The molecule has 6 N–H and O–H groups in total. The lowest BCUT2D eigenvalue weighted by Crippen LogP contribution is -2.74. The lowest BCUT2D eigenvalue weighted by atomic mass is 9.88. The van der Waals surface area contributed by atoms with E-state index in [2.05, 4.69) is 34.8 Å². The number of nitrogens with zero attached hydrogens (tertiary/aromatic N) is 7. The van der Waals surface area contributed by atoms with Gasteiger partial charge in [-0.05, 0) is 0 Å². The number of nitrogen functional groups attached to an aromatic ring is 1. The number of aliphatic imine (C=N–C) groups is 1. The standard InChI is InChI=1S/C16H19FN10O5S2/c17-6-32-24-7(9-23-15(19)34-25-9)10(28)22-8-11(29)26-4-16(13(30)31,5-33-12(8)26)3-21-27-2-1-20-14(27)18/h3,8,12H,1-2,4-6H2,(H2,18,20)(H,22,28)(H,30,31)(H2,19,23,25)/t8?,12-,16?/m1/s1. The summed E-state index contributed by atoms with van der Waals surface area (Å²) in [6.45, 7) is -0.550. The van der Waals surface area contributed by atoms with Crippen LogP contribution in [-0.4, -0.2) is 104 Å². The number of aliphatic carboxylic acids is 1. The summed E-state index contributed by atoms with van der Waals surface area (Å²) >= 11 is 1.97. The fourth-order valence-corrected chi connectivity index (χ4v) is 5.35. The highest BCUT2D eigenvalue weighted by molar-refractivity contribution is 8.00. The molecule has 0 radical (unpaired) electrons. The van der Waals surface area contributed by atoms with Crippen molar-refractivity contribution in [1.29, 1.82) is 0 Å². The van der Waals surface area contributed by atoms with Crippen LogP contribution < -0.4 is 16.8 Å².